The number of hydrogen-bond donors (Lipinski definition) is 1. The SMILES string of the molecule is CC(C)=C(C)C(C)S(=O)(=O)O. The highest BCUT2D eigenvalue weighted by molar-refractivity contribution is 7.86. The van der Waals surface area contributed by atoms with Crippen molar-refractivity contribution in [3.63, 3.8) is 0 Å². The van der Waals surface area contributed by atoms with Crippen LogP contribution < -0.4 is 0 Å². The minimum absolute atomic E-state index is 0.701. The van der Waals surface area contributed by atoms with Crippen LogP contribution in [0.4, 0.5) is 0 Å². The van der Waals surface area contributed by atoms with E-state index in [1.807, 2.05) is 13.8 Å². The van der Waals surface area contributed by atoms with Crippen LogP contribution >= 0.6 is 0 Å². The van der Waals surface area contributed by atoms with Crippen molar-refractivity contribution in [1.29, 1.82) is 0 Å². The van der Waals surface area contributed by atoms with Crippen molar-refractivity contribution in [2.75, 3.05) is 0 Å². The summed E-state index contributed by atoms with van der Waals surface area (Å²) >= 11 is 0. The van der Waals surface area contributed by atoms with Gasteiger partial charge < -0.3 is 0 Å². The van der Waals surface area contributed by atoms with Gasteiger partial charge in [-0.3, -0.25) is 4.55 Å². The largest absolute Gasteiger partial charge is 0.285 e. The first-order valence-corrected chi connectivity index (χ1v) is 4.87. The first-order valence-electron chi connectivity index (χ1n) is 3.37. The zero-order valence-electron chi connectivity index (χ0n) is 7.25. The molecule has 0 bridgehead atoms. The molecule has 1 unspecified atom stereocenters. The molecule has 0 aromatic carbocycles. The summed E-state index contributed by atoms with van der Waals surface area (Å²) in [5.41, 5.74) is 1.63. The summed E-state index contributed by atoms with van der Waals surface area (Å²) in [6, 6.07) is 0. The molecule has 1 N–H and O–H groups in total. The Morgan fingerprint density at radius 1 is 1.27 bits per heavy atom. The van der Waals surface area contributed by atoms with E-state index in [0.717, 1.165) is 5.57 Å². The molecule has 0 aliphatic carbocycles. The van der Waals surface area contributed by atoms with E-state index in [4.69, 9.17) is 4.55 Å². The van der Waals surface area contributed by atoms with Gasteiger partial charge in [0.05, 0.1) is 0 Å². The van der Waals surface area contributed by atoms with E-state index in [9.17, 15) is 8.42 Å². The highest BCUT2D eigenvalue weighted by Gasteiger charge is 2.19. The minimum Gasteiger partial charge on any atom is -0.285 e. The lowest BCUT2D eigenvalue weighted by Gasteiger charge is -2.09. The van der Waals surface area contributed by atoms with Crippen LogP contribution in [0.5, 0.6) is 0 Å². The smallest absolute Gasteiger partial charge is 0.271 e. The molecule has 0 amide bonds. The molecule has 0 aromatic rings. The van der Waals surface area contributed by atoms with Gasteiger partial charge in [0.2, 0.25) is 0 Å². The Kier molecular flexibility index (Phi) is 3.26. The quantitative estimate of drug-likeness (QED) is 0.516. The van der Waals surface area contributed by atoms with Crippen LogP contribution in [0.2, 0.25) is 0 Å². The van der Waals surface area contributed by atoms with Crippen LogP contribution in [0.25, 0.3) is 0 Å². The van der Waals surface area contributed by atoms with Crippen LogP contribution in [0, 0.1) is 0 Å². The van der Waals surface area contributed by atoms with Crippen LogP contribution in [0.15, 0.2) is 11.1 Å². The Bertz CT molecular complexity index is 257. The van der Waals surface area contributed by atoms with E-state index in [1.165, 1.54) is 6.92 Å². The van der Waals surface area contributed by atoms with E-state index in [2.05, 4.69) is 0 Å². The third-order valence-electron chi connectivity index (χ3n) is 1.85. The van der Waals surface area contributed by atoms with Gasteiger partial charge in [-0.1, -0.05) is 11.1 Å². The first kappa shape index (κ1) is 10.7. The second-order valence-electron chi connectivity index (χ2n) is 2.84. The fourth-order valence-electron chi connectivity index (χ4n) is 0.630. The van der Waals surface area contributed by atoms with E-state index in [-0.39, 0.29) is 0 Å². The Morgan fingerprint density at radius 2 is 1.64 bits per heavy atom. The molecule has 0 saturated heterocycles. The van der Waals surface area contributed by atoms with Gasteiger partial charge in [0.1, 0.15) is 5.25 Å². The molecule has 0 fully saturated rings. The lowest BCUT2D eigenvalue weighted by Crippen LogP contribution is -2.18. The van der Waals surface area contributed by atoms with Crippen molar-refractivity contribution in [2.45, 2.75) is 32.9 Å². The normalized spacial score (nSPS) is 14.3. The Morgan fingerprint density at radius 3 is 1.73 bits per heavy atom. The predicted molar refractivity (Wildman–Crippen MR) is 45.1 cm³/mol. The van der Waals surface area contributed by atoms with E-state index in [1.54, 1.807) is 6.92 Å². The van der Waals surface area contributed by atoms with Gasteiger partial charge >= 0.3 is 0 Å². The van der Waals surface area contributed by atoms with Crippen molar-refractivity contribution in [3.8, 4) is 0 Å². The molecule has 0 saturated carbocycles. The van der Waals surface area contributed by atoms with Crippen molar-refractivity contribution < 1.29 is 13.0 Å². The maximum absolute atomic E-state index is 10.6. The molecule has 0 radical (unpaired) electrons. The molecule has 1 atom stereocenters. The third-order valence-corrected chi connectivity index (χ3v) is 3.09. The Labute approximate surface area is 67.9 Å². The maximum atomic E-state index is 10.6. The fourth-order valence-corrected chi connectivity index (χ4v) is 1.31. The highest BCUT2D eigenvalue weighted by Crippen LogP contribution is 2.13. The zero-order valence-corrected chi connectivity index (χ0v) is 8.07. The van der Waals surface area contributed by atoms with Crippen LogP contribution in [0.3, 0.4) is 0 Å². The second-order valence-corrected chi connectivity index (χ2v) is 4.58. The molecule has 0 heterocycles. The summed E-state index contributed by atoms with van der Waals surface area (Å²) < 4.78 is 29.8. The van der Waals surface area contributed by atoms with Crippen LogP contribution in [-0.4, -0.2) is 18.2 Å². The van der Waals surface area contributed by atoms with Crippen molar-refractivity contribution in [1.82, 2.24) is 0 Å². The number of allylic oxidation sites excluding steroid dienone is 1. The van der Waals surface area contributed by atoms with Crippen LogP contribution in [0.1, 0.15) is 27.7 Å². The topological polar surface area (TPSA) is 54.4 Å². The van der Waals surface area contributed by atoms with Gasteiger partial charge in [-0.2, -0.15) is 8.42 Å². The molecule has 0 aliphatic rings. The van der Waals surface area contributed by atoms with Gasteiger partial charge in [-0.15, -0.1) is 0 Å². The van der Waals surface area contributed by atoms with Crippen molar-refractivity contribution in [2.24, 2.45) is 0 Å². The molecule has 66 valence electrons. The zero-order chi connectivity index (χ0) is 9.23. The van der Waals surface area contributed by atoms with E-state index >= 15 is 0 Å². The second kappa shape index (κ2) is 3.36. The molecular formula is C7H14O3S. The molecule has 0 aromatic heterocycles. The summed E-state index contributed by atoms with van der Waals surface area (Å²) in [6.45, 7) is 6.81. The molecule has 0 spiro atoms. The summed E-state index contributed by atoms with van der Waals surface area (Å²) in [5, 5.41) is -0.785. The average molecular weight is 178 g/mol. The van der Waals surface area contributed by atoms with Gasteiger partial charge in [-0.25, -0.2) is 0 Å². The van der Waals surface area contributed by atoms with Gasteiger partial charge in [0, 0.05) is 0 Å². The standard InChI is InChI=1S/C7H14O3S/c1-5(2)6(3)7(4)11(8,9)10/h7H,1-4H3,(H,8,9,10). The third kappa shape index (κ3) is 3.03. The highest BCUT2D eigenvalue weighted by atomic mass is 32.2. The molecule has 11 heavy (non-hydrogen) atoms. The van der Waals surface area contributed by atoms with Crippen molar-refractivity contribution >= 4 is 10.1 Å². The minimum atomic E-state index is -3.90. The summed E-state index contributed by atoms with van der Waals surface area (Å²) in [4.78, 5) is 0. The molecular weight excluding hydrogens is 164 g/mol. The van der Waals surface area contributed by atoms with Gasteiger partial charge in [0.15, 0.2) is 0 Å². The fraction of sp³-hybridized carbons (Fsp3) is 0.714. The van der Waals surface area contributed by atoms with E-state index < -0.39 is 15.4 Å². The number of hydrogen-bond acceptors (Lipinski definition) is 2. The maximum Gasteiger partial charge on any atom is 0.271 e. The molecule has 0 aliphatic heterocycles. The average Bonchev–Trinajstić information content (AvgIpc) is 1.82. The van der Waals surface area contributed by atoms with Crippen molar-refractivity contribution in [3.05, 3.63) is 11.1 Å². The summed E-state index contributed by atoms with van der Waals surface area (Å²) in [6.07, 6.45) is 0. The first-order chi connectivity index (χ1) is 4.76. The monoisotopic (exact) mass is 178 g/mol. The lowest BCUT2D eigenvalue weighted by molar-refractivity contribution is 0.475. The van der Waals surface area contributed by atoms with Gasteiger partial charge in [0.25, 0.3) is 10.1 Å². The Balaban J connectivity index is 4.81. The molecule has 0 rings (SSSR count). The number of rotatable bonds is 2. The molecule has 4 heteroatoms. The lowest BCUT2D eigenvalue weighted by atomic mass is 10.1. The molecule has 3 nitrogen and oxygen atoms in total. The summed E-state index contributed by atoms with van der Waals surface area (Å²) in [5.74, 6) is 0. The van der Waals surface area contributed by atoms with E-state index in [0.29, 0.717) is 5.57 Å². The predicted octanol–water partition coefficient (Wildman–Crippen LogP) is 1.62. The summed E-state index contributed by atoms with van der Waals surface area (Å²) in [7, 11) is -3.90. The Hall–Kier alpha value is -0.350. The van der Waals surface area contributed by atoms with Gasteiger partial charge in [-0.05, 0) is 27.7 Å². The van der Waals surface area contributed by atoms with Crippen LogP contribution in [-0.2, 0) is 10.1 Å².